The van der Waals surface area contributed by atoms with E-state index in [-0.39, 0.29) is 11.9 Å². The van der Waals surface area contributed by atoms with E-state index in [1.807, 2.05) is 48.3 Å². The van der Waals surface area contributed by atoms with E-state index in [1.165, 1.54) is 0 Å². The van der Waals surface area contributed by atoms with E-state index >= 15 is 0 Å². The predicted molar refractivity (Wildman–Crippen MR) is 119 cm³/mol. The van der Waals surface area contributed by atoms with Crippen molar-refractivity contribution in [2.45, 2.75) is 19.9 Å². The van der Waals surface area contributed by atoms with E-state index in [2.05, 4.69) is 34.9 Å². The number of amides is 1. The number of thiol groups is 1. The first-order valence-electron chi connectivity index (χ1n) is 10.1. The molecule has 1 aromatic carbocycles. The maximum atomic E-state index is 12.2. The third kappa shape index (κ3) is 8.85. The van der Waals surface area contributed by atoms with E-state index in [4.69, 9.17) is 14.2 Å². The Morgan fingerprint density at radius 2 is 1.63 bits per heavy atom. The average molecular weight is 437 g/mol. The maximum Gasteiger partial charge on any atom is 0.251 e. The number of nitrogens with one attached hydrogen (secondary N) is 2. The summed E-state index contributed by atoms with van der Waals surface area (Å²) in [6, 6.07) is 7.70. The maximum absolute atomic E-state index is 12.2. The second-order valence-electron chi connectivity index (χ2n) is 6.80. The van der Waals surface area contributed by atoms with Crippen molar-refractivity contribution in [2.24, 2.45) is 0 Å². The van der Waals surface area contributed by atoms with Gasteiger partial charge in [0.15, 0.2) is 0 Å². The Balaban J connectivity index is 1.56. The SMILES string of the molecule is Cc1cnn(C(C)c2ccc(C(=O)NCCOCCOCCOCCNS)cc2)c1. The number of ether oxygens (including phenoxy) is 3. The molecule has 0 aliphatic heterocycles. The summed E-state index contributed by atoms with van der Waals surface area (Å²) in [5, 5.41) is 7.21. The van der Waals surface area contributed by atoms with Crippen molar-refractivity contribution in [3.8, 4) is 0 Å². The summed E-state index contributed by atoms with van der Waals surface area (Å²) in [7, 11) is 0. The van der Waals surface area contributed by atoms with E-state index in [0.29, 0.717) is 58.3 Å². The lowest BCUT2D eigenvalue weighted by Gasteiger charge is -2.13. The Labute approximate surface area is 183 Å². The van der Waals surface area contributed by atoms with E-state index in [9.17, 15) is 4.79 Å². The fourth-order valence-corrected chi connectivity index (χ4v) is 2.80. The molecule has 2 aromatic rings. The number of benzene rings is 1. The van der Waals surface area contributed by atoms with Crippen LogP contribution in [0.1, 0.15) is 34.5 Å². The van der Waals surface area contributed by atoms with Crippen LogP contribution in [0.15, 0.2) is 36.7 Å². The van der Waals surface area contributed by atoms with E-state index in [1.54, 1.807) is 0 Å². The van der Waals surface area contributed by atoms with Gasteiger partial charge in [-0.05, 0) is 37.1 Å². The van der Waals surface area contributed by atoms with Gasteiger partial charge in [0.25, 0.3) is 5.91 Å². The Hall–Kier alpha value is -1.91. The first-order chi connectivity index (χ1) is 14.6. The molecule has 0 spiro atoms. The van der Waals surface area contributed by atoms with Gasteiger partial charge >= 0.3 is 0 Å². The lowest BCUT2D eigenvalue weighted by molar-refractivity contribution is 0.0163. The second-order valence-corrected chi connectivity index (χ2v) is 7.11. The summed E-state index contributed by atoms with van der Waals surface area (Å²) < 4.78 is 20.8. The molecule has 1 atom stereocenters. The van der Waals surface area contributed by atoms with Crippen LogP contribution in [-0.2, 0) is 14.2 Å². The number of nitrogens with zero attached hydrogens (tertiary/aromatic N) is 2. The van der Waals surface area contributed by atoms with Crippen LogP contribution in [0.4, 0.5) is 0 Å². The van der Waals surface area contributed by atoms with Gasteiger partial charge in [-0.3, -0.25) is 14.2 Å². The highest BCUT2D eigenvalue weighted by Gasteiger charge is 2.10. The fourth-order valence-electron chi connectivity index (χ4n) is 2.71. The standard InChI is InChI=1S/C21H32N4O4S/c1-17-15-23-25(16-17)18(2)19-3-5-20(6-4-19)21(26)22-7-9-27-11-13-29-14-12-28-10-8-24-30/h3-6,15-16,18,24,30H,7-14H2,1-2H3,(H,22,26). The molecule has 1 amide bonds. The lowest BCUT2D eigenvalue weighted by Crippen LogP contribution is -2.27. The molecule has 1 aromatic heterocycles. The highest BCUT2D eigenvalue weighted by Crippen LogP contribution is 2.18. The number of rotatable bonds is 15. The van der Waals surface area contributed by atoms with Crippen LogP contribution in [-0.4, -0.2) is 68.4 Å². The van der Waals surface area contributed by atoms with Crippen LogP contribution in [0.5, 0.6) is 0 Å². The van der Waals surface area contributed by atoms with Crippen LogP contribution in [0.2, 0.25) is 0 Å². The zero-order valence-electron chi connectivity index (χ0n) is 17.7. The molecule has 0 bridgehead atoms. The monoisotopic (exact) mass is 436 g/mol. The topological polar surface area (TPSA) is 86.6 Å². The molecule has 1 unspecified atom stereocenters. The molecule has 9 heteroatoms. The molecule has 166 valence electrons. The van der Waals surface area contributed by atoms with Crippen molar-refractivity contribution >= 4 is 18.7 Å². The van der Waals surface area contributed by atoms with Crippen LogP contribution in [0.25, 0.3) is 0 Å². The van der Waals surface area contributed by atoms with Gasteiger partial charge in [-0.15, -0.1) is 0 Å². The summed E-state index contributed by atoms with van der Waals surface area (Å²) in [5.74, 6) is -0.114. The third-order valence-corrected chi connectivity index (χ3v) is 4.64. The van der Waals surface area contributed by atoms with Gasteiger partial charge in [-0.1, -0.05) is 24.9 Å². The molecule has 0 saturated heterocycles. The quantitative estimate of drug-likeness (QED) is 0.293. The molecular formula is C21H32N4O4S. The minimum Gasteiger partial charge on any atom is -0.378 e. The number of aromatic nitrogens is 2. The second kappa shape index (κ2) is 14.2. The summed E-state index contributed by atoms with van der Waals surface area (Å²) in [6.45, 7) is 8.34. The number of hydrogen-bond donors (Lipinski definition) is 3. The van der Waals surface area contributed by atoms with Gasteiger partial charge in [-0.2, -0.15) is 5.10 Å². The summed E-state index contributed by atoms with van der Waals surface area (Å²) in [5.41, 5.74) is 2.85. The lowest BCUT2D eigenvalue weighted by atomic mass is 10.1. The first-order valence-corrected chi connectivity index (χ1v) is 10.6. The molecule has 1 heterocycles. The summed E-state index contributed by atoms with van der Waals surface area (Å²) >= 11 is 3.87. The highest BCUT2D eigenvalue weighted by atomic mass is 32.1. The number of aryl methyl sites for hydroxylation is 1. The van der Waals surface area contributed by atoms with Crippen LogP contribution < -0.4 is 10.0 Å². The molecular weight excluding hydrogens is 404 g/mol. The van der Waals surface area contributed by atoms with E-state index < -0.39 is 0 Å². The Morgan fingerprint density at radius 3 is 2.20 bits per heavy atom. The highest BCUT2D eigenvalue weighted by molar-refractivity contribution is 7.78. The molecule has 0 aliphatic carbocycles. The zero-order chi connectivity index (χ0) is 21.6. The minimum atomic E-state index is -0.114. The van der Waals surface area contributed by atoms with Gasteiger partial charge in [0.2, 0.25) is 0 Å². The molecule has 8 nitrogen and oxygen atoms in total. The average Bonchev–Trinajstić information content (AvgIpc) is 3.20. The van der Waals surface area contributed by atoms with Crippen LogP contribution in [0, 0.1) is 6.92 Å². The van der Waals surface area contributed by atoms with Crippen molar-refractivity contribution in [1.29, 1.82) is 0 Å². The summed E-state index contributed by atoms with van der Waals surface area (Å²) in [6.07, 6.45) is 3.85. The Kier molecular flexibility index (Phi) is 11.5. The third-order valence-electron chi connectivity index (χ3n) is 4.42. The van der Waals surface area contributed by atoms with Crippen LogP contribution >= 0.6 is 12.8 Å². The minimum absolute atomic E-state index is 0.114. The molecule has 0 radical (unpaired) electrons. The molecule has 2 rings (SSSR count). The van der Waals surface area contributed by atoms with Crippen molar-refractivity contribution < 1.29 is 19.0 Å². The van der Waals surface area contributed by atoms with Crippen molar-refractivity contribution in [1.82, 2.24) is 19.8 Å². The predicted octanol–water partition coefficient (Wildman–Crippen LogP) is 2.01. The van der Waals surface area contributed by atoms with Gasteiger partial charge in [0.05, 0.1) is 51.9 Å². The zero-order valence-corrected chi connectivity index (χ0v) is 18.6. The molecule has 30 heavy (non-hydrogen) atoms. The van der Waals surface area contributed by atoms with E-state index in [0.717, 1.165) is 11.1 Å². The van der Waals surface area contributed by atoms with Gasteiger partial charge in [0.1, 0.15) is 0 Å². The molecule has 0 fully saturated rings. The first kappa shape index (κ1) is 24.4. The van der Waals surface area contributed by atoms with Crippen LogP contribution in [0.3, 0.4) is 0 Å². The smallest absolute Gasteiger partial charge is 0.251 e. The molecule has 0 aliphatic rings. The largest absolute Gasteiger partial charge is 0.378 e. The van der Waals surface area contributed by atoms with Gasteiger partial charge in [-0.25, -0.2) is 0 Å². The fraction of sp³-hybridized carbons (Fsp3) is 0.524. The normalized spacial score (nSPS) is 12.1. The Bertz CT molecular complexity index is 739. The van der Waals surface area contributed by atoms with Gasteiger partial charge < -0.3 is 19.5 Å². The Morgan fingerprint density at radius 1 is 1.03 bits per heavy atom. The van der Waals surface area contributed by atoms with Crippen molar-refractivity contribution in [3.05, 3.63) is 53.3 Å². The summed E-state index contributed by atoms with van der Waals surface area (Å²) in [4.78, 5) is 12.2. The van der Waals surface area contributed by atoms with Crippen molar-refractivity contribution in [3.63, 3.8) is 0 Å². The van der Waals surface area contributed by atoms with Crippen molar-refractivity contribution in [2.75, 3.05) is 52.7 Å². The number of carbonyl (C=O) groups is 1. The molecule has 2 N–H and O–H groups in total. The molecule has 0 saturated carbocycles. The number of carbonyl (C=O) groups excluding carboxylic acids is 1. The number of hydrogen-bond acceptors (Lipinski definition) is 7. The van der Waals surface area contributed by atoms with Gasteiger partial charge in [0, 0.05) is 24.8 Å².